The maximum absolute atomic E-state index is 9.72. The molecule has 20 heavy (non-hydrogen) atoms. The van der Waals surface area contributed by atoms with E-state index >= 15 is 0 Å². The van der Waals surface area contributed by atoms with Crippen molar-refractivity contribution >= 4 is 0 Å². The standard InChI is InChI=1S/C15H31N5/c1-13(2)10-15(12-17,11-14(3,4)20(13)5)19-9-8-18-7-6-16/h18-19H,6-11,16H2,1-5H3. The van der Waals surface area contributed by atoms with Gasteiger partial charge in [-0.2, -0.15) is 5.26 Å². The van der Waals surface area contributed by atoms with Crippen molar-refractivity contribution in [1.29, 1.82) is 5.26 Å². The average molecular weight is 281 g/mol. The Morgan fingerprint density at radius 3 is 2.10 bits per heavy atom. The van der Waals surface area contributed by atoms with Gasteiger partial charge in [-0.1, -0.05) is 0 Å². The van der Waals surface area contributed by atoms with E-state index in [4.69, 9.17) is 5.73 Å². The smallest absolute Gasteiger partial charge is 0.110 e. The molecule has 0 aromatic heterocycles. The minimum absolute atomic E-state index is 0.00909. The van der Waals surface area contributed by atoms with E-state index in [1.54, 1.807) is 0 Å². The average Bonchev–Trinajstić information content (AvgIpc) is 2.35. The Morgan fingerprint density at radius 2 is 1.65 bits per heavy atom. The Hall–Kier alpha value is -0.670. The molecule has 1 saturated heterocycles. The lowest BCUT2D eigenvalue weighted by molar-refractivity contribution is -0.0352. The maximum Gasteiger partial charge on any atom is 0.110 e. The van der Waals surface area contributed by atoms with Crippen LogP contribution in [0, 0.1) is 11.3 Å². The molecule has 1 rings (SSSR count). The van der Waals surface area contributed by atoms with E-state index in [2.05, 4.69) is 56.3 Å². The van der Waals surface area contributed by atoms with Crippen molar-refractivity contribution in [2.24, 2.45) is 5.73 Å². The lowest BCUT2D eigenvalue weighted by atomic mass is 9.70. The zero-order valence-electron chi connectivity index (χ0n) is 13.7. The van der Waals surface area contributed by atoms with Gasteiger partial charge in [-0.05, 0) is 47.6 Å². The highest BCUT2D eigenvalue weighted by atomic mass is 15.3. The third-order valence-corrected chi connectivity index (χ3v) is 4.59. The summed E-state index contributed by atoms with van der Waals surface area (Å²) in [5.74, 6) is 0. The van der Waals surface area contributed by atoms with Crippen LogP contribution in [0.25, 0.3) is 0 Å². The largest absolute Gasteiger partial charge is 0.329 e. The van der Waals surface area contributed by atoms with E-state index in [-0.39, 0.29) is 11.1 Å². The quantitative estimate of drug-likeness (QED) is 0.624. The topological polar surface area (TPSA) is 77.1 Å². The zero-order chi connectivity index (χ0) is 15.4. The molecule has 1 aliphatic heterocycles. The van der Waals surface area contributed by atoms with E-state index in [1.165, 1.54) is 0 Å². The fraction of sp³-hybridized carbons (Fsp3) is 0.933. The molecule has 0 bridgehead atoms. The molecule has 0 unspecified atom stereocenters. The number of nitrogens with two attached hydrogens (primary N) is 1. The number of hydrogen-bond donors (Lipinski definition) is 3. The summed E-state index contributed by atoms with van der Waals surface area (Å²) >= 11 is 0. The van der Waals surface area contributed by atoms with Gasteiger partial charge < -0.3 is 11.1 Å². The van der Waals surface area contributed by atoms with Gasteiger partial charge in [-0.25, -0.2) is 0 Å². The molecule has 5 heteroatoms. The third kappa shape index (κ3) is 3.92. The number of nitrogens with one attached hydrogen (secondary N) is 2. The Kier molecular flexibility index (Phi) is 5.56. The number of nitriles is 1. The predicted molar refractivity (Wildman–Crippen MR) is 83.4 cm³/mol. The lowest BCUT2D eigenvalue weighted by Gasteiger charge is -2.56. The van der Waals surface area contributed by atoms with Crippen LogP contribution in [0.5, 0.6) is 0 Å². The van der Waals surface area contributed by atoms with Crippen LogP contribution in [0.4, 0.5) is 0 Å². The molecule has 4 N–H and O–H groups in total. The summed E-state index contributed by atoms with van der Waals surface area (Å²) in [6.07, 6.45) is 1.68. The second kappa shape index (κ2) is 6.40. The summed E-state index contributed by atoms with van der Waals surface area (Å²) < 4.78 is 0. The molecule has 1 aliphatic rings. The molecule has 0 spiro atoms. The Morgan fingerprint density at radius 1 is 1.10 bits per heavy atom. The highest BCUT2D eigenvalue weighted by molar-refractivity contribution is 5.18. The van der Waals surface area contributed by atoms with Gasteiger partial charge in [0.2, 0.25) is 0 Å². The van der Waals surface area contributed by atoms with Gasteiger partial charge in [0.05, 0.1) is 6.07 Å². The van der Waals surface area contributed by atoms with Crippen LogP contribution in [-0.2, 0) is 0 Å². The normalized spacial score (nSPS) is 24.2. The molecule has 0 atom stereocenters. The first kappa shape index (κ1) is 17.4. The number of piperidine rings is 1. The Labute approximate surface area is 123 Å². The Balaban J connectivity index is 2.71. The van der Waals surface area contributed by atoms with E-state index < -0.39 is 5.54 Å². The van der Waals surface area contributed by atoms with E-state index in [0.29, 0.717) is 6.54 Å². The molecule has 116 valence electrons. The molecule has 5 nitrogen and oxygen atoms in total. The first-order chi connectivity index (χ1) is 9.19. The first-order valence-electron chi connectivity index (χ1n) is 7.50. The maximum atomic E-state index is 9.72. The van der Waals surface area contributed by atoms with Crippen molar-refractivity contribution in [3.8, 4) is 6.07 Å². The van der Waals surface area contributed by atoms with Crippen LogP contribution in [-0.4, -0.2) is 54.7 Å². The van der Waals surface area contributed by atoms with Crippen molar-refractivity contribution in [2.45, 2.75) is 57.2 Å². The van der Waals surface area contributed by atoms with Crippen LogP contribution in [0.2, 0.25) is 0 Å². The molecule has 0 aromatic rings. The number of likely N-dealkylation sites (tertiary alicyclic amines) is 1. The fourth-order valence-corrected chi connectivity index (χ4v) is 3.46. The number of hydrogen-bond acceptors (Lipinski definition) is 5. The van der Waals surface area contributed by atoms with Crippen molar-refractivity contribution in [1.82, 2.24) is 15.5 Å². The van der Waals surface area contributed by atoms with E-state index in [1.807, 2.05) is 0 Å². The van der Waals surface area contributed by atoms with E-state index in [9.17, 15) is 5.26 Å². The van der Waals surface area contributed by atoms with Gasteiger partial charge >= 0.3 is 0 Å². The number of nitrogens with zero attached hydrogens (tertiary/aromatic N) is 2. The van der Waals surface area contributed by atoms with Crippen LogP contribution in [0.3, 0.4) is 0 Å². The summed E-state index contributed by atoms with van der Waals surface area (Å²) in [7, 11) is 2.16. The van der Waals surface area contributed by atoms with Gasteiger partial charge in [-0.15, -0.1) is 0 Å². The predicted octanol–water partition coefficient (Wildman–Crippen LogP) is 0.669. The minimum Gasteiger partial charge on any atom is -0.329 e. The van der Waals surface area contributed by atoms with Gasteiger partial charge in [0, 0.05) is 37.3 Å². The minimum atomic E-state index is -0.441. The number of rotatable bonds is 6. The first-order valence-corrected chi connectivity index (χ1v) is 7.50. The lowest BCUT2D eigenvalue weighted by Crippen LogP contribution is -2.67. The van der Waals surface area contributed by atoms with Crippen LogP contribution in [0.1, 0.15) is 40.5 Å². The summed E-state index contributed by atoms with van der Waals surface area (Å²) in [4.78, 5) is 2.39. The van der Waals surface area contributed by atoms with Gasteiger partial charge in [0.1, 0.15) is 5.54 Å². The highest BCUT2D eigenvalue weighted by Gasteiger charge is 2.50. The van der Waals surface area contributed by atoms with Crippen LogP contribution >= 0.6 is 0 Å². The second-order valence-corrected chi connectivity index (χ2v) is 7.20. The van der Waals surface area contributed by atoms with Gasteiger partial charge in [-0.3, -0.25) is 10.2 Å². The van der Waals surface area contributed by atoms with Gasteiger partial charge in [0.25, 0.3) is 0 Å². The van der Waals surface area contributed by atoms with E-state index in [0.717, 1.165) is 32.5 Å². The summed E-state index contributed by atoms with van der Waals surface area (Å²) in [5.41, 5.74) is 5.03. The monoisotopic (exact) mass is 281 g/mol. The summed E-state index contributed by atoms with van der Waals surface area (Å²) in [5, 5.41) is 16.5. The van der Waals surface area contributed by atoms with Crippen molar-refractivity contribution in [3.63, 3.8) is 0 Å². The molecule has 1 fully saturated rings. The molecular weight excluding hydrogens is 250 g/mol. The van der Waals surface area contributed by atoms with Crippen molar-refractivity contribution in [3.05, 3.63) is 0 Å². The molecule has 0 saturated carbocycles. The fourth-order valence-electron chi connectivity index (χ4n) is 3.46. The van der Waals surface area contributed by atoms with Crippen LogP contribution in [0.15, 0.2) is 0 Å². The molecule has 1 heterocycles. The summed E-state index contributed by atoms with van der Waals surface area (Å²) in [6.45, 7) is 12.0. The van der Waals surface area contributed by atoms with Gasteiger partial charge in [0.15, 0.2) is 0 Å². The zero-order valence-corrected chi connectivity index (χ0v) is 13.7. The molecule has 0 radical (unpaired) electrons. The third-order valence-electron chi connectivity index (χ3n) is 4.59. The molecule has 0 amide bonds. The SMILES string of the molecule is CN1C(C)(C)CC(C#N)(NCCNCCN)CC1(C)C. The second-order valence-electron chi connectivity index (χ2n) is 7.20. The van der Waals surface area contributed by atoms with Crippen molar-refractivity contribution in [2.75, 3.05) is 33.2 Å². The highest BCUT2D eigenvalue weighted by Crippen LogP contribution is 2.41. The Bertz CT molecular complexity index is 338. The summed E-state index contributed by atoms with van der Waals surface area (Å²) in [6, 6.07) is 2.55. The molecular formula is C15H31N5. The molecule has 0 aromatic carbocycles. The van der Waals surface area contributed by atoms with Crippen LogP contribution < -0.4 is 16.4 Å². The molecule has 0 aliphatic carbocycles. The van der Waals surface area contributed by atoms with Crippen molar-refractivity contribution < 1.29 is 0 Å².